The van der Waals surface area contributed by atoms with Crippen LogP contribution in [0.2, 0.25) is 0 Å². The Morgan fingerprint density at radius 3 is 2.29 bits per heavy atom. The standard InChI is InChI=1S/C22H28N8O/c1-27-20-17(7-8-18(25-20)28-11-4-2-3-5-12-28)19(26-27)21(31)29-13-15-30(16-14-29)22-23-9-6-10-24-22/h6-10H,2-5,11-16H2,1H3. The first-order valence-corrected chi connectivity index (χ1v) is 11.1. The molecule has 0 unspecified atom stereocenters. The van der Waals surface area contributed by atoms with Gasteiger partial charge in [0.25, 0.3) is 5.91 Å². The zero-order valence-electron chi connectivity index (χ0n) is 17.9. The molecule has 2 saturated heterocycles. The first-order chi connectivity index (χ1) is 15.2. The van der Waals surface area contributed by atoms with Crippen LogP contribution in [0.1, 0.15) is 36.2 Å². The first-order valence-electron chi connectivity index (χ1n) is 11.1. The number of fused-ring (bicyclic) bond motifs is 1. The lowest BCUT2D eigenvalue weighted by Crippen LogP contribution is -2.49. The third-order valence-electron chi connectivity index (χ3n) is 6.21. The van der Waals surface area contributed by atoms with E-state index in [1.807, 2.05) is 30.1 Å². The van der Waals surface area contributed by atoms with Crippen LogP contribution in [0, 0.1) is 0 Å². The Hall–Kier alpha value is -3.23. The second kappa shape index (κ2) is 8.49. The Bertz CT molecular complexity index is 1050. The molecule has 2 aliphatic heterocycles. The van der Waals surface area contributed by atoms with E-state index >= 15 is 0 Å². The highest BCUT2D eigenvalue weighted by molar-refractivity contribution is 6.04. The lowest BCUT2D eigenvalue weighted by molar-refractivity contribution is 0.0741. The van der Waals surface area contributed by atoms with E-state index in [4.69, 9.17) is 4.98 Å². The number of carbonyl (C=O) groups is 1. The normalized spacial score (nSPS) is 17.8. The number of pyridine rings is 1. The molecular formula is C22H28N8O. The summed E-state index contributed by atoms with van der Waals surface area (Å²) in [4.78, 5) is 33.1. The second-order valence-electron chi connectivity index (χ2n) is 8.24. The molecule has 2 aliphatic rings. The molecule has 0 spiro atoms. The predicted molar refractivity (Wildman–Crippen MR) is 119 cm³/mol. The van der Waals surface area contributed by atoms with Gasteiger partial charge in [-0.15, -0.1) is 0 Å². The predicted octanol–water partition coefficient (Wildman–Crippen LogP) is 2.10. The van der Waals surface area contributed by atoms with Gasteiger partial charge in [-0.1, -0.05) is 12.8 Å². The number of carbonyl (C=O) groups excluding carboxylic acids is 1. The molecule has 9 nitrogen and oxygen atoms in total. The van der Waals surface area contributed by atoms with Gasteiger partial charge in [0.1, 0.15) is 5.82 Å². The van der Waals surface area contributed by atoms with E-state index in [-0.39, 0.29) is 5.91 Å². The smallest absolute Gasteiger partial charge is 0.275 e. The molecule has 162 valence electrons. The van der Waals surface area contributed by atoms with Crippen LogP contribution >= 0.6 is 0 Å². The van der Waals surface area contributed by atoms with Crippen LogP contribution in [0.4, 0.5) is 11.8 Å². The van der Waals surface area contributed by atoms with Crippen molar-refractivity contribution in [3.8, 4) is 0 Å². The van der Waals surface area contributed by atoms with Gasteiger partial charge in [0, 0.05) is 58.7 Å². The second-order valence-corrected chi connectivity index (χ2v) is 8.24. The fourth-order valence-electron chi connectivity index (χ4n) is 4.47. The number of hydrogen-bond acceptors (Lipinski definition) is 7. The summed E-state index contributed by atoms with van der Waals surface area (Å²) in [7, 11) is 1.86. The van der Waals surface area contributed by atoms with E-state index in [2.05, 4.69) is 24.9 Å². The van der Waals surface area contributed by atoms with E-state index in [1.54, 1.807) is 17.1 Å². The molecule has 0 aliphatic carbocycles. The minimum Gasteiger partial charge on any atom is -0.357 e. The SMILES string of the molecule is Cn1nc(C(=O)N2CCN(c3ncccn3)CC2)c2ccc(N3CCCCCC3)nc21. The maximum atomic E-state index is 13.3. The molecule has 5 heterocycles. The largest absolute Gasteiger partial charge is 0.357 e. The van der Waals surface area contributed by atoms with Gasteiger partial charge >= 0.3 is 0 Å². The highest BCUT2D eigenvalue weighted by Gasteiger charge is 2.27. The Balaban J connectivity index is 1.33. The fourth-order valence-corrected chi connectivity index (χ4v) is 4.47. The summed E-state index contributed by atoms with van der Waals surface area (Å²) in [5.41, 5.74) is 1.25. The minimum absolute atomic E-state index is 0.0384. The number of amides is 1. The average molecular weight is 421 g/mol. The Labute approximate surface area is 181 Å². The molecular weight excluding hydrogens is 392 g/mol. The third kappa shape index (κ3) is 3.92. The summed E-state index contributed by atoms with van der Waals surface area (Å²) in [6.07, 6.45) is 8.46. The van der Waals surface area contributed by atoms with Crippen molar-refractivity contribution in [2.75, 3.05) is 49.1 Å². The van der Waals surface area contributed by atoms with E-state index in [1.165, 1.54) is 25.7 Å². The molecule has 31 heavy (non-hydrogen) atoms. The Kier molecular flexibility index (Phi) is 5.40. The number of aryl methyl sites for hydroxylation is 1. The summed E-state index contributed by atoms with van der Waals surface area (Å²) in [6, 6.07) is 5.86. The molecule has 0 saturated carbocycles. The molecule has 3 aromatic rings. The van der Waals surface area contributed by atoms with E-state index in [0.717, 1.165) is 29.9 Å². The molecule has 5 rings (SSSR count). The van der Waals surface area contributed by atoms with Crippen molar-refractivity contribution in [3.05, 3.63) is 36.3 Å². The number of piperazine rings is 1. The topological polar surface area (TPSA) is 83.3 Å². The number of anilines is 2. The number of nitrogens with zero attached hydrogens (tertiary/aromatic N) is 8. The molecule has 0 N–H and O–H groups in total. The number of hydrogen-bond donors (Lipinski definition) is 0. The Morgan fingerprint density at radius 2 is 1.58 bits per heavy atom. The number of rotatable bonds is 3. The lowest BCUT2D eigenvalue weighted by Gasteiger charge is -2.34. The van der Waals surface area contributed by atoms with Crippen LogP contribution in [-0.2, 0) is 7.05 Å². The third-order valence-corrected chi connectivity index (χ3v) is 6.21. The van der Waals surface area contributed by atoms with Gasteiger partial charge in [-0.2, -0.15) is 5.10 Å². The average Bonchev–Trinajstić information content (AvgIpc) is 2.98. The van der Waals surface area contributed by atoms with Crippen molar-refractivity contribution in [2.45, 2.75) is 25.7 Å². The van der Waals surface area contributed by atoms with Crippen LogP contribution in [0.15, 0.2) is 30.6 Å². The van der Waals surface area contributed by atoms with Gasteiger partial charge in [0.05, 0.1) is 5.39 Å². The summed E-state index contributed by atoms with van der Waals surface area (Å²) in [5.74, 6) is 1.65. The molecule has 0 radical (unpaired) electrons. The highest BCUT2D eigenvalue weighted by Crippen LogP contribution is 2.24. The number of aromatic nitrogens is 5. The zero-order chi connectivity index (χ0) is 21.2. The van der Waals surface area contributed by atoms with Gasteiger partial charge in [-0.05, 0) is 31.0 Å². The summed E-state index contributed by atoms with van der Waals surface area (Å²) >= 11 is 0. The maximum absolute atomic E-state index is 13.3. The molecule has 3 aromatic heterocycles. The van der Waals surface area contributed by atoms with Crippen molar-refractivity contribution < 1.29 is 4.79 Å². The van der Waals surface area contributed by atoms with Crippen molar-refractivity contribution in [3.63, 3.8) is 0 Å². The summed E-state index contributed by atoms with van der Waals surface area (Å²) < 4.78 is 1.73. The van der Waals surface area contributed by atoms with Gasteiger partial charge < -0.3 is 14.7 Å². The maximum Gasteiger partial charge on any atom is 0.275 e. The fraction of sp³-hybridized carbons (Fsp3) is 0.500. The van der Waals surface area contributed by atoms with Gasteiger partial charge in [0.15, 0.2) is 11.3 Å². The van der Waals surface area contributed by atoms with Crippen LogP contribution in [-0.4, -0.2) is 74.8 Å². The highest BCUT2D eigenvalue weighted by atomic mass is 16.2. The molecule has 0 bridgehead atoms. The monoisotopic (exact) mass is 420 g/mol. The van der Waals surface area contributed by atoms with Crippen LogP contribution in [0.3, 0.4) is 0 Å². The molecule has 1 amide bonds. The molecule has 2 fully saturated rings. The Morgan fingerprint density at radius 1 is 0.871 bits per heavy atom. The summed E-state index contributed by atoms with van der Waals surface area (Å²) in [5, 5.41) is 5.37. The van der Waals surface area contributed by atoms with Crippen molar-refractivity contribution in [1.82, 2.24) is 29.6 Å². The van der Waals surface area contributed by atoms with Crippen molar-refractivity contribution in [1.29, 1.82) is 0 Å². The lowest BCUT2D eigenvalue weighted by atomic mass is 10.2. The van der Waals surface area contributed by atoms with Crippen LogP contribution in [0.25, 0.3) is 11.0 Å². The van der Waals surface area contributed by atoms with Crippen LogP contribution in [0.5, 0.6) is 0 Å². The van der Waals surface area contributed by atoms with E-state index in [0.29, 0.717) is 37.8 Å². The summed E-state index contributed by atoms with van der Waals surface area (Å²) in [6.45, 7) is 4.73. The van der Waals surface area contributed by atoms with Crippen molar-refractivity contribution >= 4 is 28.7 Å². The first kappa shape index (κ1) is 19.7. The van der Waals surface area contributed by atoms with Gasteiger partial charge in [0.2, 0.25) is 5.95 Å². The van der Waals surface area contributed by atoms with Crippen LogP contribution < -0.4 is 9.80 Å². The van der Waals surface area contributed by atoms with E-state index in [9.17, 15) is 4.79 Å². The molecule has 0 atom stereocenters. The van der Waals surface area contributed by atoms with E-state index < -0.39 is 0 Å². The van der Waals surface area contributed by atoms with Crippen molar-refractivity contribution in [2.24, 2.45) is 7.05 Å². The zero-order valence-corrected chi connectivity index (χ0v) is 17.9. The molecule has 9 heteroatoms. The molecule has 0 aromatic carbocycles. The minimum atomic E-state index is -0.0384. The quantitative estimate of drug-likeness (QED) is 0.642. The van der Waals surface area contributed by atoms with Gasteiger partial charge in [-0.3, -0.25) is 4.79 Å². The van der Waals surface area contributed by atoms with Gasteiger partial charge in [-0.25, -0.2) is 19.6 Å².